The Kier molecular flexibility index (Phi) is 5.86. The van der Waals surface area contributed by atoms with Gasteiger partial charge < -0.3 is 19.7 Å². The van der Waals surface area contributed by atoms with Gasteiger partial charge in [0, 0.05) is 57.0 Å². The number of ether oxygens (including phenoxy) is 2. The van der Waals surface area contributed by atoms with Gasteiger partial charge in [0.1, 0.15) is 6.10 Å². The Morgan fingerprint density at radius 2 is 2.21 bits per heavy atom. The van der Waals surface area contributed by atoms with Crippen LogP contribution in [0, 0.1) is 0 Å². The van der Waals surface area contributed by atoms with Gasteiger partial charge in [0.25, 0.3) is 0 Å². The van der Waals surface area contributed by atoms with E-state index in [1.165, 1.54) is 0 Å². The first-order valence-corrected chi connectivity index (χ1v) is 8.85. The monoisotopic (exact) mass is 336 g/mol. The summed E-state index contributed by atoms with van der Waals surface area (Å²) >= 11 is 0. The lowest BCUT2D eigenvalue weighted by atomic mass is 9.97. The largest absolute Gasteiger partial charge is 0.378 e. The number of amides is 1. The summed E-state index contributed by atoms with van der Waals surface area (Å²) in [7, 11) is 1.92. The van der Waals surface area contributed by atoms with E-state index in [-0.39, 0.29) is 24.1 Å². The maximum atomic E-state index is 12.4. The highest BCUT2D eigenvalue weighted by molar-refractivity contribution is 5.76. The lowest BCUT2D eigenvalue weighted by Crippen LogP contribution is -2.47. The number of rotatable bonds is 5. The van der Waals surface area contributed by atoms with Crippen LogP contribution in [0.2, 0.25) is 0 Å². The van der Waals surface area contributed by atoms with Gasteiger partial charge in [-0.1, -0.05) is 0 Å². The SMILES string of the molecule is CC(CC(=O)N1CCOCC1)N[C@H]1CCCO[C@@H]1c1cnn(C)c1. The zero-order valence-electron chi connectivity index (χ0n) is 14.6. The van der Waals surface area contributed by atoms with Crippen molar-refractivity contribution in [3.05, 3.63) is 18.0 Å². The van der Waals surface area contributed by atoms with Gasteiger partial charge in [0.15, 0.2) is 0 Å². The molecule has 3 atom stereocenters. The number of carbonyl (C=O) groups excluding carboxylic acids is 1. The molecule has 3 rings (SSSR count). The minimum atomic E-state index is 0.00777. The molecule has 1 amide bonds. The molecule has 2 aliphatic rings. The number of hydrogen-bond acceptors (Lipinski definition) is 5. The Morgan fingerprint density at radius 1 is 1.42 bits per heavy atom. The van der Waals surface area contributed by atoms with E-state index in [2.05, 4.69) is 17.3 Å². The number of morpholine rings is 1. The van der Waals surface area contributed by atoms with E-state index >= 15 is 0 Å². The van der Waals surface area contributed by atoms with E-state index < -0.39 is 0 Å². The Balaban J connectivity index is 1.55. The second-order valence-electron chi connectivity index (χ2n) is 6.75. The summed E-state index contributed by atoms with van der Waals surface area (Å²) in [6, 6.07) is 0.335. The Morgan fingerprint density at radius 3 is 2.92 bits per heavy atom. The highest BCUT2D eigenvalue weighted by Gasteiger charge is 2.30. The van der Waals surface area contributed by atoms with Gasteiger partial charge in [0.05, 0.1) is 19.4 Å². The smallest absolute Gasteiger partial charge is 0.224 e. The van der Waals surface area contributed by atoms with E-state index in [1.54, 1.807) is 4.68 Å². The zero-order valence-corrected chi connectivity index (χ0v) is 14.6. The molecule has 1 aromatic heterocycles. The average Bonchev–Trinajstić information content (AvgIpc) is 3.02. The van der Waals surface area contributed by atoms with Crippen LogP contribution in [0.25, 0.3) is 0 Å². The van der Waals surface area contributed by atoms with Crippen LogP contribution in [0.1, 0.15) is 37.9 Å². The molecule has 0 aromatic carbocycles. The first kappa shape index (κ1) is 17.4. The van der Waals surface area contributed by atoms with Crippen LogP contribution in [0.5, 0.6) is 0 Å². The third-order valence-electron chi connectivity index (χ3n) is 4.72. The summed E-state index contributed by atoms with van der Waals surface area (Å²) in [5.74, 6) is 0.202. The number of carbonyl (C=O) groups is 1. The van der Waals surface area contributed by atoms with Crippen LogP contribution < -0.4 is 5.32 Å². The summed E-state index contributed by atoms with van der Waals surface area (Å²) < 4.78 is 13.1. The molecule has 0 aliphatic carbocycles. The second-order valence-corrected chi connectivity index (χ2v) is 6.75. The number of aryl methyl sites for hydroxylation is 1. The fraction of sp³-hybridized carbons (Fsp3) is 0.765. The predicted octanol–water partition coefficient (Wildman–Crippen LogP) is 0.867. The van der Waals surface area contributed by atoms with Crippen LogP contribution in [0.15, 0.2) is 12.4 Å². The Hall–Kier alpha value is -1.44. The van der Waals surface area contributed by atoms with Crippen LogP contribution >= 0.6 is 0 Å². The molecule has 7 heteroatoms. The van der Waals surface area contributed by atoms with Gasteiger partial charge >= 0.3 is 0 Å². The third-order valence-corrected chi connectivity index (χ3v) is 4.72. The van der Waals surface area contributed by atoms with Gasteiger partial charge in [-0.15, -0.1) is 0 Å². The summed E-state index contributed by atoms with van der Waals surface area (Å²) in [6.45, 7) is 5.55. The Bertz CT molecular complexity index is 542. The van der Waals surface area contributed by atoms with Crippen molar-refractivity contribution in [1.29, 1.82) is 0 Å². The molecule has 24 heavy (non-hydrogen) atoms. The maximum absolute atomic E-state index is 12.4. The van der Waals surface area contributed by atoms with Crippen molar-refractivity contribution in [2.45, 2.75) is 44.4 Å². The van der Waals surface area contributed by atoms with Crippen molar-refractivity contribution < 1.29 is 14.3 Å². The fourth-order valence-electron chi connectivity index (χ4n) is 3.50. The van der Waals surface area contributed by atoms with E-state index in [0.29, 0.717) is 32.7 Å². The number of aromatic nitrogens is 2. The summed E-state index contributed by atoms with van der Waals surface area (Å²) in [6.07, 6.45) is 6.49. The van der Waals surface area contributed by atoms with E-state index in [1.807, 2.05) is 24.3 Å². The lowest BCUT2D eigenvalue weighted by molar-refractivity contribution is -0.135. The van der Waals surface area contributed by atoms with Crippen molar-refractivity contribution in [3.63, 3.8) is 0 Å². The molecule has 3 heterocycles. The molecular weight excluding hydrogens is 308 g/mol. The van der Waals surface area contributed by atoms with E-state index in [0.717, 1.165) is 25.0 Å². The molecule has 0 saturated carbocycles. The molecule has 1 N–H and O–H groups in total. The summed E-state index contributed by atoms with van der Waals surface area (Å²) in [5.41, 5.74) is 1.10. The molecule has 1 unspecified atom stereocenters. The molecule has 7 nitrogen and oxygen atoms in total. The normalized spacial score (nSPS) is 26.3. The standard InChI is InChI=1S/C17H28N4O3/c1-13(10-16(22)21-5-8-23-9-6-21)19-15-4-3-7-24-17(15)14-11-18-20(2)12-14/h11-13,15,17,19H,3-10H2,1-2H3/t13?,15-,17+/m0/s1. The highest BCUT2D eigenvalue weighted by Crippen LogP contribution is 2.28. The third kappa shape index (κ3) is 4.34. The van der Waals surface area contributed by atoms with E-state index in [4.69, 9.17) is 9.47 Å². The van der Waals surface area contributed by atoms with Gasteiger partial charge in [-0.3, -0.25) is 9.48 Å². The van der Waals surface area contributed by atoms with Crippen LogP contribution in [-0.4, -0.2) is 65.6 Å². The number of nitrogens with one attached hydrogen (secondary N) is 1. The van der Waals surface area contributed by atoms with Crippen molar-refractivity contribution in [3.8, 4) is 0 Å². The molecule has 2 aliphatic heterocycles. The first-order valence-electron chi connectivity index (χ1n) is 8.85. The van der Waals surface area contributed by atoms with Gasteiger partial charge in [-0.25, -0.2) is 0 Å². The molecule has 0 spiro atoms. The molecule has 1 aromatic rings. The predicted molar refractivity (Wildman–Crippen MR) is 89.5 cm³/mol. The van der Waals surface area contributed by atoms with Crippen LogP contribution in [-0.2, 0) is 21.3 Å². The maximum Gasteiger partial charge on any atom is 0.224 e. The van der Waals surface area contributed by atoms with E-state index in [9.17, 15) is 4.79 Å². The highest BCUT2D eigenvalue weighted by atomic mass is 16.5. The quantitative estimate of drug-likeness (QED) is 0.864. The molecular formula is C17H28N4O3. The van der Waals surface area contributed by atoms with Crippen LogP contribution in [0.3, 0.4) is 0 Å². The average molecular weight is 336 g/mol. The van der Waals surface area contributed by atoms with Crippen molar-refractivity contribution in [2.24, 2.45) is 7.05 Å². The number of hydrogen-bond donors (Lipinski definition) is 1. The molecule has 0 bridgehead atoms. The molecule has 2 fully saturated rings. The summed E-state index contributed by atoms with van der Waals surface area (Å²) in [4.78, 5) is 14.3. The zero-order chi connectivity index (χ0) is 16.9. The molecule has 2 saturated heterocycles. The Labute approximate surface area is 143 Å². The second kappa shape index (κ2) is 8.09. The fourth-order valence-corrected chi connectivity index (χ4v) is 3.50. The minimum Gasteiger partial charge on any atom is -0.378 e. The van der Waals surface area contributed by atoms with Crippen molar-refractivity contribution in [2.75, 3.05) is 32.9 Å². The van der Waals surface area contributed by atoms with Gasteiger partial charge in [0.2, 0.25) is 5.91 Å². The van der Waals surface area contributed by atoms with Gasteiger partial charge in [-0.2, -0.15) is 5.10 Å². The first-order chi connectivity index (χ1) is 11.6. The summed E-state index contributed by atoms with van der Waals surface area (Å²) in [5, 5.41) is 7.86. The minimum absolute atomic E-state index is 0.00777. The number of nitrogens with zero attached hydrogens (tertiary/aromatic N) is 3. The van der Waals surface area contributed by atoms with Gasteiger partial charge in [-0.05, 0) is 19.8 Å². The van der Waals surface area contributed by atoms with Crippen LogP contribution in [0.4, 0.5) is 0 Å². The molecule has 0 radical (unpaired) electrons. The van der Waals surface area contributed by atoms with Crippen molar-refractivity contribution in [1.82, 2.24) is 20.0 Å². The topological polar surface area (TPSA) is 68.6 Å². The lowest BCUT2D eigenvalue weighted by Gasteiger charge is -2.34. The van der Waals surface area contributed by atoms with Crippen molar-refractivity contribution >= 4 is 5.91 Å². The molecule has 134 valence electrons.